The van der Waals surface area contributed by atoms with Gasteiger partial charge in [-0.3, -0.25) is 9.59 Å². The van der Waals surface area contributed by atoms with Gasteiger partial charge in [0.15, 0.2) is 0 Å². The van der Waals surface area contributed by atoms with Crippen LogP contribution in [0.25, 0.3) is 10.2 Å². The number of aromatic nitrogens is 2. The van der Waals surface area contributed by atoms with Crippen molar-refractivity contribution in [3.63, 3.8) is 0 Å². The Bertz CT molecular complexity index is 1200. The molecule has 1 aromatic heterocycles. The Morgan fingerprint density at radius 2 is 1.73 bits per heavy atom. The maximum Gasteiger partial charge on any atom is 0.255 e. The summed E-state index contributed by atoms with van der Waals surface area (Å²) >= 11 is 1.26. The molecule has 156 valence electrons. The Labute approximate surface area is 177 Å². The molecule has 9 nitrogen and oxygen atoms in total. The molecule has 3 aromatic rings. The van der Waals surface area contributed by atoms with Crippen molar-refractivity contribution in [1.29, 1.82) is 0 Å². The second kappa shape index (κ2) is 8.09. The molecule has 2 amide bonds. The average Bonchev–Trinajstić information content (AvgIpc) is 3.22. The molecule has 0 radical (unpaired) electrons. The summed E-state index contributed by atoms with van der Waals surface area (Å²) in [4.78, 5) is 25.7. The van der Waals surface area contributed by atoms with Crippen LogP contribution < -0.4 is 5.32 Å². The standard InChI is InChI=1S/C19H19N5O4S2/c1-13(25)23-8-10-24(11-9-23)30(27,28)16-5-3-15(4-6-16)20-19(26)14-2-7-18-17(12-14)21-22-29-18/h2-7,12H,8-11H2,1H3,(H,20,26). The number of carbonyl (C=O) groups is 2. The maximum atomic E-state index is 12.8. The molecule has 4 rings (SSSR count). The van der Waals surface area contributed by atoms with E-state index in [0.717, 1.165) is 4.70 Å². The number of rotatable bonds is 4. The summed E-state index contributed by atoms with van der Waals surface area (Å²) in [5.74, 6) is -0.377. The van der Waals surface area contributed by atoms with Crippen LogP contribution in [0.4, 0.5) is 5.69 Å². The van der Waals surface area contributed by atoms with Gasteiger partial charge in [-0.1, -0.05) is 4.49 Å². The minimum absolute atomic E-state index is 0.0580. The van der Waals surface area contributed by atoms with E-state index in [2.05, 4.69) is 14.9 Å². The predicted octanol–water partition coefficient (Wildman–Crippen LogP) is 1.80. The van der Waals surface area contributed by atoms with Crippen LogP contribution in [0, 0.1) is 0 Å². The Balaban J connectivity index is 1.44. The molecule has 0 bridgehead atoms. The van der Waals surface area contributed by atoms with Crippen LogP contribution in [0.1, 0.15) is 17.3 Å². The third kappa shape index (κ3) is 4.04. The molecule has 1 aliphatic rings. The number of fused-ring (bicyclic) bond motifs is 1. The second-order valence-corrected chi connectivity index (χ2v) is 9.57. The van der Waals surface area contributed by atoms with Crippen LogP contribution in [0.2, 0.25) is 0 Å². The highest BCUT2D eigenvalue weighted by molar-refractivity contribution is 7.89. The average molecular weight is 446 g/mol. The third-order valence-electron chi connectivity index (χ3n) is 4.94. The topological polar surface area (TPSA) is 113 Å². The Hall–Kier alpha value is -2.89. The Morgan fingerprint density at radius 3 is 2.40 bits per heavy atom. The van der Waals surface area contributed by atoms with E-state index in [4.69, 9.17) is 0 Å². The molecule has 0 aliphatic carbocycles. The van der Waals surface area contributed by atoms with Gasteiger partial charge in [0, 0.05) is 44.4 Å². The number of sulfonamides is 1. The van der Waals surface area contributed by atoms with Crippen molar-refractivity contribution in [3.05, 3.63) is 48.0 Å². The fourth-order valence-corrected chi connectivity index (χ4v) is 5.19. The first-order valence-corrected chi connectivity index (χ1v) is 11.4. The fourth-order valence-electron chi connectivity index (χ4n) is 3.23. The number of piperazine rings is 1. The van der Waals surface area contributed by atoms with Gasteiger partial charge >= 0.3 is 0 Å². The lowest BCUT2D eigenvalue weighted by molar-refractivity contribution is -0.129. The number of amides is 2. The number of nitrogens with zero attached hydrogens (tertiary/aromatic N) is 4. The number of anilines is 1. The van der Waals surface area contributed by atoms with Crippen LogP contribution in [0.15, 0.2) is 47.4 Å². The molecule has 2 aromatic carbocycles. The van der Waals surface area contributed by atoms with Crippen molar-refractivity contribution in [1.82, 2.24) is 18.8 Å². The minimum atomic E-state index is -3.66. The van der Waals surface area contributed by atoms with Gasteiger partial charge in [-0.2, -0.15) is 4.31 Å². The van der Waals surface area contributed by atoms with Crippen molar-refractivity contribution in [3.8, 4) is 0 Å². The van der Waals surface area contributed by atoms with Gasteiger partial charge in [-0.15, -0.1) is 5.10 Å². The van der Waals surface area contributed by atoms with Crippen LogP contribution in [0.5, 0.6) is 0 Å². The summed E-state index contributed by atoms with van der Waals surface area (Å²) in [5.41, 5.74) is 1.58. The molecule has 1 N–H and O–H groups in total. The van der Waals surface area contributed by atoms with Gasteiger partial charge in [0.25, 0.3) is 5.91 Å². The first-order chi connectivity index (χ1) is 14.3. The van der Waals surface area contributed by atoms with Gasteiger partial charge in [0.05, 0.1) is 9.60 Å². The van der Waals surface area contributed by atoms with Gasteiger partial charge in [-0.05, 0) is 54.0 Å². The highest BCUT2D eigenvalue weighted by Gasteiger charge is 2.29. The van der Waals surface area contributed by atoms with Gasteiger partial charge < -0.3 is 10.2 Å². The van der Waals surface area contributed by atoms with Crippen molar-refractivity contribution in [2.45, 2.75) is 11.8 Å². The lowest BCUT2D eigenvalue weighted by atomic mass is 10.2. The highest BCUT2D eigenvalue weighted by atomic mass is 32.2. The molecular formula is C19H19N5O4S2. The molecule has 0 spiro atoms. The Morgan fingerprint density at radius 1 is 1.03 bits per heavy atom. The number of carbonyl (C=O) groups excluding carboxylic acids is 2. The first kappa shape index (κ1) is 20.4. The first-order valence-electron chi connectivity index (χ1n) is 9.24. The zero-order chi connectivity index (χ0) is 21.3. The summed E-state index contributed by atoms with van der Waals surface area (Å²) in [7, 11) is -3.66. The molecule has 2 heterocycles. The van der Waals surface area contributed by atoms with Crippen molar-refractivity contribution < 1.29 is 18.0 Å². The summed E-state index contributed by atoms with van der Waals surface area (Å²) in [6.45, 7) is 2.74. The van der Waals surface area contributed by atoms with E-state index < -0.39 is 10.0 Å². The second-order valence-electron chi connectivity index (χ2n) is 6.84. The number of hydrogen-bond donors (Lipinski definition) is 1. The molecule has 1 saturated heterocycles. The quantitative estimate of drug-likeness (QED) is 0.655. The third-order valence-corrected chi connectivity index (χ3v) is 7.56. The molecule has 30 heavy (non-hydrogen) atoms. The number of benzene rings is 2. The summed E-state index contributed by atoms with van der Waals surface area (Å²) in [5, 5.41) is 6.72. The minimum Gasteiger partial charge on any atom is -0.340 e. The van der Waals surface area contributed by atoms with E-state index >= 15 is 0 Å². The van der Waals surface area contributed by atoms with Gasteiger partial charge in [-0.25, -0.2) is 8.42 Å². The van der Waals surface area contributed by atoms with Crippen LogP contribution in [0.3, 0.4) is 0 Å². The molecule has 1 fully saturated rings. The zero-order valence-electron chi connectivity index (χ0n) is 16.1. The molecular weight excluding hydrogens is 426 g/mol. The van der Waals surface area contributed by atoms with Crippen molar-refractivity contribution in [2.24, 2.45) is 0 Å². The maximum absolute atomic E-state index is 12.8. The van der Waals surface area contributed by atoms with E-state index in [9.17, 15) is 18.0 Å². The lowest BCUT2D eigenvalue weighted by Gasteiger charge is -2.33. The molecule has 1 aliphatic heterocycles. The van der Waals surface area contributed by atoms with E-state index in [1.54, 1.807) is 35.2 Å². The summed E-state index contributed by atoms with van der Waals surface area (Å²) in [6.07, 6.45) is 0. The zero-order valence-corrected chi connectivity index (χ0v) is 17.7. The number of nitrogens with one attached hydrogen (secondary N) is 1. The van der Waals surface area contributed by atoms with Crippen LogP contribution >= 0.6 is 11.5 Å². The molecule has 0 unspecified atom stereocenters. The summed E-state index contributed by atoms with van der Waals surface area (Å²) in [6, 6.07) is 11.2. The fraction of sp³-hybridized carbons (Fsp3) is 0.263. The van der Waals surface area contributed by atoms with E-state index in [1.165, 1.54) is 34.9 Å². The molecule has 0 atom stereocenters. The monoisotopic (exact) mass is 445 g/mol. The summed E-state index contributed by atoms with van der Waals surface area (Å²) < 4.78 is 31.8. The van der Waals surface area contributed by atoms with Crippen molar-refractivity contribution >= 4 is 49.3 Å². The Kier molecular flexibility index (Phi) is 5.50. The predicted molar refractivity (Wildman–Crippen MR) is 113 cm³/mol. The SMILES string of the molecule is CC(=O)N1CCN(S(=O)(=O)c2ccc(NC(=O)c3ccc4snnc4c3)cc2)CC1. The normalized spacial score (nSPS) is 15.3. The van der Waals surface area contributed by atoms with Crippen molar-refractivity contribution in [2.75, 3.05) is 31.5 Å². The highest BCUT2D eigenvalue weighted by Crippen LogP contribution is 2.21. The van der Waals surface area contributed by atoms with E-state index in [0.29, 0.717) is 29.9 Å². The van der Waals surface area contributed by atoms with Crippen LogP contribution in [-0.2, 0) is 14.8 Å². The largest absolute Gasteiger partial charge is 0.340 e. The van der Waals surface area contributed by atoms with Gasteiger partial charge in [0.2, 0.25) is 15.9 Å². The van der Waals surface area contributed by atoms with Gasteiger partial charge in [0.1, 0.15) is 5.52 Å². The smallest absolute Gasteiger partial charge is 0.255 e. The van der Waals surface area contributed by atoms with E-state index in [1.807, 2.05) is 0 Å². The van der Waals surface area contributed by atoms with Crippen LogP contribution in [-0.4, -0.2) is 65.2 Å². The lowest BCUT2D eigenvalue weighted by Crippen LogP contribution is -2.49. The molecule has 11 heteroatoms. The molecule has 0 saturated carbocycles. The van der Waals surface area contributed by atoms with E-state index in [-0.39, 0.29) is 29.8 Å². The number of hydrogen-bond acceptors (Lipinski definition) is 7.